The topological polar surface area (TPSA) is 46.2 Å². The Morgan fingerprint density at radius 3 is 2.38 bits per heavy atom. The highest BCUT2D eigenvalue weighted by atomic mass is 35.5. The summed E-state index contributed by atoms with van der Waals surface area (Å²) < 4.78 is 0. The van der Waals surface area contributed by atoms with Gasteiger partial charge in [-0.15, -0.1) is 12.4 Å². The average Bonchev–Trinajstić information content (AvgIpc) is 3.03. The first kappa shape index (κ1) is 14.1. The van der Waals surface area contributed by atoms with E-state index < -0.39 is 6.10 Å². The number of halogens is 3. The number of aliphatic hydroxyl groups is 1. The average molecular weight is 283 g/mol. The van der Waals surface area contributed by atoms with Crippen LogP contribution in [0.2, 0.25) is 10.0 Å². The molecule has 0 saturated heterocycles. The van der Waals surface area contributed by atoms with E-state index in [2.05, 4.69) is 0 Å². The maximum Gasteiger partial charge on any atom is 0.0760 e. The third-order valence-electron chi connectivity index (χ3n) is 2.80. The first-order valence-electron chi connectivity index (χ1n) is 4.98. The normalized spacial score (nSPS) is 18.8. The van der Waals surface area contributed by atoms with Crippen LogP contribution in [0.1, 0.15) is 24.4 Å². The van der Waals surface area contributed by atoms with Gasteiger partial charge in [-0.05, 0) is 36.5 Å². The molecular weight excluding hydrogens is 268 g/mol. The second kappa shape index (κ2) is 5.56. The molecular formula is C11H14Cl3NO. The molecule has 0 radical (unpaired) electrons. The van der Waals surface area contributed by atoms with Crippen molar-refractivity contribution in [1.29, 1.82) is 0 Å². The number of rotatable bonds is 3. The van der Waals surface area contributed by atoms with Gasteiger partial charge in [-0.2, -0.15) is 0 Å². The summed E-state index contributed by atoms with van der Waals surface area (Å²) in [5.41, 5.74) is 6.78. The van der Waals surface area contributed by atoms with Crippen LogP contribution in [0.25, 0.3) is 0 Å². The highest BCUT2D eigenvalue weighted by Gasteiger charge is 2.34. The summed E-state index contributed by atoms with van der Waals surface area (Å²) in [6.07, 6.45) is 1.66. The van der Waals surface area contributed by atoms with Crippen molar-refractivity contribution >= 4 is 35.6 Å². The van der Waals surface area contributed by atoms with Crippen LogP contribution in [0.5, 0.6) is 0 Å². The van der Waals surface area contributed by atoms with Gasteiger partial charge in [0.25, 0.3) is 0 Å². The molecule has 1 aliphatic carbocycles. The lowest BCUT2D eigenvalue weighted by Gasteiger charge is -2.19. The second-order valence-corrected chi connectivity index (χ2v) is 4.84. The Balaban J connectivity index is 0.00000128. The summed E-state index contributed by atoms with van der Waals surface area (Å²) >= 11 is 11.7. The quantitative estimate of drug-likeness (QED) is 0.894. The van der Waals surface area contributed by atoms with Crippen LogP contribution in [-0.2, 0) is 0 Å². The Morgan fingerprint density at radius 2 is 1.88 bits per heavy atom. The molecule has 2 atom stereocenters. The summed E-state index contributed by atoms with van der Waals surface area (Å²) in [6, 6.07) is 4.87. The third kappa shape index (κ3) is 3.02. The van der Waals surface area contributed by atoms with Crippen molar-refractivity contribution in [2.75, 3.05) is 0 Å². The van der Waals surface area contributed by atoms with Crippen molar-refractivity contribution in [3.63, 3.8) is 0 Å². The van der Waals surface area contributed by atoms with E-state index in [0.29, 0.717) is 16.0 Å². The zero-order valence-corrected chi connectivity index (χ0v) is 10.9. The fraction of sp³-hybridized carbons (Fsp3) is 0.455. The lowest BCUT2D eigenvalue weighted by atomic mass is 9.99. The molecule has 1 aromatic rings. The minimum absolute atomic E-state index is 0. The van der Waals surface area contributed by atoms with Crippen LogP contribution in [-0.4, -0.2) is 11.2 Å². The molecule has 1 aromatic carbocycles. The highest BCUT2D eigenvalue weighted by molar-refractivity contribution is 6.42. The van der Waals surface area contributed by atoms with Crippen molar-refractivity contribution in [2.24, 2.45) is 11.7 Å². The smallest absolute Gasteiger partial charge is 0.0760 e. The van der Waals surface area contributed by atoms with Gasteiger partial charge in [0, 0.05) is 0 Å². The zero-order chi connectivity index (χ0) is 11.0. The maximum absolute atomic E-state index is 9.87. The van der Waals surface area contributed by atoms with Crippen molar-refractivity contribution < 1.29 is 5.11 Å². The number of hydrogen-bond donors (Lipinski definition) is 2. The number of aliphatic hydroxyl groups excluding tert-OH is 1. The Kier molecular flexibility index (Phi) is 4.89. The standard InChI is InChI=1S/C11H13Cl2NO.ClH/c12-8-4-3-7(5-9(8)13)10(14)11(15)6-1-2-6;/h3-6,10-11,15H,1-2,14H2;1H/t10-,11+;/m1./s1. The van der Waals surface area contributed by atoms with E-state index in [1.807, 2.05) is 6.07 Å². The molecule has 0 bridgehead atoms. The second-order valence-electron chi connectivity index (χ2n) is 4.03. The molecule has 1 saturated carbocycles. The molecule has 0 spiro atoms. The fourth-order valence-corrected chi connectivity index (χ4v) is 1.95. The van der Waals surface area contributed by atoms with Gasteiger partial charge in [0.05, 0.1) is 22.2 Å². The highest BCUT2D eigenvalue weighted by Crippen LogP contribution is 2.37. The Hall–Kier alpha value is 0.01000. The van der Waals surface area contributed by atoms with Crippen molar-refractivity contribution in [3.8, 4) is 0 Å². The van der Waals surface area contributed by atoms with Gasteiger partial charge >= 0.3 is 0 Å². The van der Waals surface area contributed by atoms with Crippen molar-refractivity contribution in [2.45, 2.75) is 25.0 Å². The molecule has 1 fully saturated rings. The Labute approximate surface area is 111 Å². The van der Waals surface area contributed by atoms with E-state index in [1.165, 1.54) is 0 Å². The summed E-state index contributed by atoms with van der Waals surface area (Å²) in [5, 5.41) is 10.9. The molecule has 0 unspecified atom stereocenters. The van der Waals surface area contributed by atoms with E-state index in [4.69, 9.17) is 28.9 Å². The van der Waals surface area contributed by atoms with Crippen LogP contribution in [0.3, 0.4) is 0 Å². The van der Waals surface area contributed by atoms with E-state index >= 15 is 0 Å². The van der Waals surface area contributed by atoms with Gasteiger partial charge in [0.2, 0.25) is 0 Å². The molecule has 2 rings (SSSR count). The predicted octanol–water partition coefficient (Wildman–Crippen LogP) is 3.19. The maximum atomic E-state index is 9.87. The largest absolute Gasteiger partial charge is 0.391 e. The summed E-state index contributed by atoms with van der Waals surface area (Å²) in [7, 11) is 0. The Bertz CT molecular complexity index is 368. The first-order valence-corrected chi connectivity index (χ1v) is 5.74. The van der Waals surface area contributed by atoms with Gasteiger partial charge in [-0.1, -0.05) is 29.3 Å². The SMILES string of the molecule is Cl.N[C@H](c1ccc(Cl)c(Cl)c1)[C@@H](O)C1CC1. The predicted molar refractivity (Wildman–Crippen MR) is 69.4 cm³/mol. The molecule has 0 amide bonds. The van der Waals surface area contributed by atoms with Gasteiger partial charge in [-0.25, -0.2) is 0 Å². The minimum atomic E-state index is -0.470. The summed E-state index contributed by atoms with van der Waals surface area (Å²) in [6.45, 7) is 0. The fourth-order valence-electron chi connectivity index (χ4n) is 1.65. The van der Waals surface area contributed by atoms with Crippen molar-refractivity contribution in [3.05, 3.63) is 33.8 Å². The number of benzene rings is 1. The van der Waals surface area contributed by atoms with Crippen LogP contribution >= 0.6 is 35.6 Å². The van der Waals surface area contributed by atoms with E-state index in [0.717, 1.165) is 18.4 Å². The summed E-state index contributed by atoms with van der Waals surface area (Å²) in [5.74, 6) is 0.356. The van der Waals surface area contributed by atoms with Gasteiger partial charge in [0.1, 0.15) is 0 Å². The molecule has 0 aromatic heterocycles. The lowest BCUT2D eigenvalue weighted by molar-refractivity contribution is 0.122. The van der Waals surface area contributed by atoms with Crippen LogP contribution in [0.15, 0.2) is 18.2 Å². The zero-order valence-electron chi connectivity index (χ0n) is 8.57. The molecule has 1 aliphatic rings. The van der Waals surface area contributed by atoms with E-state index in [1.54, 1.807) is 12.1 Å². The molecule has 3 N–H and O–H groups in total. The van der Waals surface area contributed by atoms with Crippen LogP contribution in [0, 0.1) is 5.92 Å². The number of nitrogens with two attached hydrogens (primary N) is 1. The lowest BCUT2D eigenvalue weighted by Crippen LogP contribution is -2.27. The molecule has 16 heavy (non-hydrogen) atoms. The van der Waals surface area contributed by atoms with Gasteiger partial charge in [-0.3, -0.25) is 0 Å². The van der Waals surface area contributed by atoms with Crippen molar-refractivity contribution in [1.82, 2.24) is 0 Å². The molecule has 5 heteroatoms. The number of hydrogen-bond acceptors (Lipinski definition) is 2. The molecule has 0 aliphatic heterocycles. The monoisotopic (exact) mass is 281 g/mol. The minimum Gasteiger partial charge on any atom is -0.391 e. The Morgan fingerprint density at radius 1 is 1.25 bits per heavy atom. The van der Waals surface area contributed by atoms with Gasteiger partial charge < -0.3 is 10.8 Å². The third-order valence-corrected chi connectivity index (χ3v) is 3.54. The van der Waals surface area contributed by atoms with E-state index in [-0.39, 0.29) is 18.4 Å². The molecule has 0 heterocycles. The first-order chi connectivity index (χ1) is 7.09. The van der Waals surface area contributed by atoms with E-state index in [9.17, 15) is 5.11 Å². The van der Waals surface area contributed by atoms with Gasteiger partial charge in [0.15, 0.2) is 0 Å². The summed E-state index contributed by atoms with van der Waals surface area (Å²) in [4.78, 5) is 0. The molecule has 90 valence electrons. The van der Waals surface area contributed by atoms with Crippen LogP contribution in [0.4, 0.5) is 0 Å². The van der Waals surface area contributed by atoms with Crippen LogP contribution < -0.4 is 5.73 Å². The molecule has 2 nitrogen and oxygen atoms in total.